The summed E-state index contributed by atoms with van der Waals surface area (Å²) in [6.45, 7) is 4.16. The van der Waals surface area contributed by atoms with E-state index in [1.807, 2.05) is 24.3 Å². The van der Waals surface area contributed by atoms with Gasteiger partial charge in [-0.15, -0.1) is 0 Å². The first-order valence-corrected chi connectivity index (χ1v) is 6.04. The highest BCUT2D eigenvalue weighted by Gasteiger charge is 2.31. The van der Waals surface area contributed by atoms with E-state index in [4.69, 9.17) is 16.3 Å². The minimum Gasteiger partial charge on any atom is -0.482 e. The molecule has 0 fully saturated rings. The number of ether oxygens (including phenoxy) is 1. The minimum atomic E-state index is -0.311. The Bertz CT molecular complexity index is 587. The molecule has 1 aliphatic heterocycles. The number of halogens is 1. The van der Waals surface area contributed by atoms with Gasteiger partial charge >= 0.3 is 0 Å². The summed E-state index contributed by atoms with van der Waals surface area (Å²) < 4.78 is 6.04. The number of hydrogen-bond donors (Lipinski definition) is 0. The largest absolute Gasteiger partial charge is 0.482 e. The lowest BCUT2D eigenvalue weighted by Gasteiger charge is -2.34. The van der Waals surface area contributed by atoms with Gasteiger partial charge in [0.25, 0.3) is 0 Å². The summed E-state index contributed by atoms with van der Waals surface area (Å²) in [6.07, 6.45) is 0. The number of rotatable bonds is 0. The van der Waals surface area contributed by atoms with E-state index in [-0.39, 0.29) is 5.60 Å². The lowest BCUT2D eigenvalue weighted by Crippen LogP contribution is -2.29. The maximum absolute atomic E-state index is 6.04. The van der Waals surface area contributed by atoms with Crippen molar-refractivity contribution in [2.45, 2.75) is 19.4 Å². The monoisotopic (exact) mass is 244 g/mol. The molecular weight excluding hydrogens is 232 g/mol. The molecule has 0 radical (unpaired) electrons. The highest BCUT2D eigenvalue weighted by atomic mass is 35.5. The summed E-state index contributed by atoms with van der Waals surface area (Å²) in [5, 5.41) is 0.707. The first-order valence-electron chi connectivity index (χ1n) is 5.66. The Balaban J connectivity index is 2.31. The van der Waals surface area contributed by atoms with Crippen molar-refractivity contribution in [3.63, 3.8) is 0 Å². The summed E-state index contributed by atoms with van der Waals surface area (Å²) in [5.74, 6) is 0.862. The van der Waals surface area contributed by atoms with Crippen LogP contribution < -0.4 is 4.74 Å². The molecule has 0 spiro atoms. The van der Waals surface area contributed by atoms with Gasteiger partial charge in [-0.1, -0.05) is 35.9 Å². The van der Waals surface area contributed by atoms with Crippen LogP contribution in [0.5, 0.6) is 5.75 Å². The van der Waals surface area contributed by atoms with Crippen molar-refractivity contribution in [1.82, 2.24) is 0 Å². The molecule has 17 heavy (non-hydrogen) atoms. The third kappa shape index (κ3) is 1.62. The van der Waals surface area contributed by atoms with E-state index in [2.05, 4.69) is 32.0 Å². The Hall–Kier alpha value is -1.47. The average molecular weight is 245 g/mol. The molecule has 0 atom stereocenters. The third-order valence-corrected chi connectivity index (χ3v) is 3.41. The van der Waals surface area contributed by atoms with Crippen molar-refractivity contribution in [2.75, 3.05) is 0 Å². The van der Waals surface area contributed by atoms with E-state index < -0.39 is 0 Å². The van der Waals surface area contributed by atoms with Gasteiger partial charge in [0.2, 0.25) is 0 Å². The predicted molar refractivity (Wildman–Crippen MR) is 70.5 cm³/mol. The highest BCUT2D eigenvalue weighted by molar-refractivity contribution is 6.30. The zero-order valence-corrected chi connectivity index (χ0v) is 10.6. The zero-order chi connectivity index (χ0) is 12.0. The normalized spacial score (nSPS) is 15.7. The quantitative estimate of drug-likeness (QED) is 0.656. The molecule has 0 N–H and O–H groups in total. The molecule has 1 nitrogen and oxygen atoms in total. The van der Waals surface area contributed by atoms with Gasteiger partial charge in [-0.25, -0.2) is 0 Å². The van der Waals surface area contributed by atoms with Crippen molar-refractivity contribution in [3.8, 4) is 16.9 Å². The topological polar surface area (TPSA) is 9.23 Å². The number of hydrogen-bond acceptors (Lipinski definition) is 1. The number of benzene rings is 2. The Morgan fingerprint density at radius 2 is 1.76 bits per heavy atom. The van der Waals surface area contributed by atoms with Crippen LogP contribution in [-0.2, 0) is 5.60 Å². The van der Waals surface area contributed by atoms with Gasteiger partial charge in [-0.2, -0.15) is 0 Å². The fraction of sp³-hybridized carbons (Fsp3) is 0.200. The Kier molecular flexibility index (Phi) is 2.20. The molecule has 2 heteroatoms. The second-order valence-corrected chi connectivity index (χ2v) is 5.23. The number of fused-ring (bicyclic) bond motifs is 3. The van der Waals surface area contributed by atoms with Crippen LogP contribution in [0.25, 0.3) is 11.1 Å². The molecule has 2 aromatic carbocycles. The minimum absolute atomic E-state index is 0.311. The standard InChI is InChI=1S/C15H13ClO/c1-15(2)13-6-4-3-5-11(13)12-8-7-10(16)9-14(12)17-15/h3-9H,1-2H3. The molecular formula is C15H13ClO. The Morgan fingerprint density at radius 3 is 2.59 bits per heavy atom. The van der Waals surface area contributed by atoms with Crippen molar-refractivity contribution in [3.05, 3.63) is 53.1 Å². The van der Waals surface area contributed by atoms with E-state index in [0.29, 0.717) is 5.02 Å². The molecule has 0 aliphatic carbocycles. The van der Waals surface area contributed by atoms with Crippen molar-refractivity contribution in [1.29, 1.82) is 0 Å². The van der Waals surface area contributed by atoms with Crippen molar-refractivity contribution < 1.29 is 4.74 Å². The fourth-order valence-electron chi connectivity index (χ4n) is 2.38. The smallest absolute Gasteiger partial charge is 0.129 e. The van der Waals surface area contributed by atoms with Gasteiger partial charge < -0.3 is 4.74 Å². The zero-order valence-electron chi connectivity index (χ0n) is 9.83. The predicted octanol–water partition coefficient (Wildman–Crippen LogP) is 4.63. The molecule has 1 aliphatic rings. The van der Waals surface area contributed by atoms with E-state index in [0.717, 1.165) is 11.3 Å². The van der Waals surface area contributed by atoms with Crippen LogP contribution >= 0.6 is 11.6 Å². The fourth-order valence-corrected chi connectivity index (χ4v) is 2.54. The van der Waals surface area contributed by atoms with Gasteiger partial charge in [-0.3, -0.25) is 0 Å². The van der Waals surface area contributed by atoms with Crippen molar-refractivity contribution in [2.24, 2.45) is 0 Å². The maximum atomic E-state index is 6.04. The molecule has 86 valence electrons. The molecule has 3 rings (SSSR count). The molecule has 0 amide bonds. The van der Waals surface area contributed by atoms with Gasteiger partial charge in [0, 0.05) is 16.1 Å². The molecule has 0 saturated carbocycles. The van der Waals surface area contributed by atoms with E-state index in [1.54, 1.807) is 0 Å². The van der Waals surface area contributed by atoms with Gasteiger partial charge in [-0.05, 0) is 37.6 Å². The average Bonchev–Trinajstić information content (AvgIpc) is 2.28. The van der Waals surface area contributed by atoms with Gasteiger partial charge in [0.05, 0.1) is 0 Å². The third-order valence-electron chi connectivity index (χ3n) is 3.17. The first kappa shape index (κ1) is 10.7. The summed E-state index contributed by atoms with van der Waals surface area (Å²) in [6, 6.07) is 14.2. The van der Waals surface area contributed by atoms with Crippen LogP contribution in [0.1, 0.15) is 19.4 Å². The van der Waals surface area contributed by atoms with Crippen LogP contribution in [0.4, 0.5) is 0 Å². The van der Waals surface area contributed by atoms with E-state index in [1.165, 1.54) is 11.1 Å². The van der Waals surface area contributed by atoms with Crippen LogP contribution in [0.3, 0.4) is 0 Å². The first-order chi connectivity index (χ1) is 8.08. The van der Waals surface area contributed by atoms with Crippen LogP contribution in [0.15, 0.2) is 42.5 Å². The van der Waals surface area contributed by atoms with Crippen molar-refractivity contribution >= 4 is 11.6 Å². The summed E-state index contributed by atoms with van der Waals surface area (Å²) in [7, 11) is 0. The molecule has 0 saturated heterocycles. The second kappa shape index (κ2) is 3.51. The molecule has 0 bridgehead atoms. The van der Waals surface area contributed by atoms with E-state index >= 15 is 0 Å². The van der Waals surface area contributed by atoms with Gasteiger partial charge in [0.1, 0.15) is 11.4 Å². The molecule has 1 heterocycles. The lowest BCUT2D eigenvalue weighted by atomic mass is 9.86. The van der Waals surface area contributed by atoms with Crippen LogP contribution in [0.2, 0.25) is 5.02 Å². The second-order valence-electron chi connectivity index (χ2n) is 4.80. The maximum Gasteiger partial charge on any atom is 0.129 e. The van der Waals surface area contributed by atoms with Crippen LogP contribution in [-0.4, -0.2) is 0 Å². The molecule has 2 aromatic rings. The highest BCUT2D eigenvalue weighted by Crippen LogP contribution is 2.45. The Labute approximate surface area is 106 Å². The van der Waals surface area contributed by atoms with E-state index in [9.17, 15) is 0 Å². The summed E-state index contributed by atoms with van der Waals surface area (Å²) >= 11 is 6.02. The molecule has 0 unspecified atom stereocenters. The SMILES string of the molecule is CC1(C)Oc2cc(Cl)ccc2-c2ccccc21. The molecule has 0 aromatic heterocycles. The summed E-state index contributed by atoms with van der Waals surface area (Å²) in [4.78, 5) is 0. The van der Waals surface area contributed by atoms with Crippen LogP contribution in [0, 0.1) is 0 Å². The lowest BCUT2D eigenvalue weighted by molar-refractivity contribution is 0.106. The van der Waals surface area contributed by atoms with Gasteiger partial charge in [0.15, 0.2) is 0 Å². The summed E-state index contributed by atoms with van der Waals surface area (Å²) in [5.41, 5.74) is 3.25. The Morgan fingerprint density at radius 1 is 1.00 bits per heavy atom.